The summed E-state index contributed by atoms with van der Waals surface area (Å²) in [6.45, 7) is 2.87. The molecule has 0 radical (unpaired) electrons. The van der Waals surface area contributed by atoms with Crippen molar-refractivity contribution in [3.05, 3.63) is 53.6 Å². The number of nitrogens with zero attached hydrogens (tertiary/aromatic N) is 1. The fraction of sp³-hybridized carbons (Fsp3) is 0.278. The van der Waals surface area contributed by atoms with Gasteiger partial charge in [0.25, 0.3) is 0 Å². The van der Waals surface area contributed by atoms with E-state index in [1.807, 2.05) is 6.21 Å². The second kappa shape index (κ2) is 5.34. The van der Waals surface area contributed by atoms with Crippen LogP contribution >= 0.6 is 0 Å². The molecule has 2 aromatic rings. The van der Waals surface area contributed by atoms with Crippen LogP contribution in [0.25, 0.3) is 11.1 Å². The van der Waals surface area contributed by atoms with Crippen LogP contribution < -0.4 is 10.6 Å². The molecule has 0 spiro atoms. The Morgan fingerprint density at radius 3 is 2.76 bits per heavy atom. The Morgan fingerprint density at radius 1 is 1.05 bits per heavy atom. The van der Waals surface area contributed by atoms with Gasteiger partial charge >= 0.3 is 0 Å². The first-order valence-corrected chi connectivity index (χ1v) is 7.59. The van der Waals surface area contributed by atoms with E-state index in [0.29, 0.717) is 12.6 Å². The number of benzene rings is 2. The molecule has 4 rings (SSSR count). The Balaban J connectivity index is 1.86. The van der Waals surface area contributed by atoms with Crippen LogP contribution in [-0.4, -0.2) is 26.0 Å². The van der Waals surface area contributed by atoms with Gasteiger partial charge in [0.1, 0.15) is 6.67 Å². The van der Waals surface area contributed by atoms with Gasteiger partial charge in [0.05, 0.1) is 0 Å². The van der Waals surface area contributed by atoms with E-state index in [4.69, 9.17) is 0 Å². The summed E-state index contributed by atoms with van der Waals surface area (Å²) in [6, 6.07) is 15.2. The number of nitrogens with one attached hydrogen (secondary N) is 2. The number of hydrogen-bond acceptors (Lipinski definition) is 3. The normalized spacial score (nSPS) is 20.1. The summed E-state index contributed by atoms with van der Waals surface area (Å²) in [6.07, 6.45) is 3.22. The van der Waals surface area contributed by atoms with Crippen molar-refractivity contribution < 1.29 is 0 Å². The van der Waals surface area contributed by atoms with Crippen LogP contribution in [0.2, 0.25) is 0 Å². The average molecular weight is 277 g/mol. The van der Waals surface area contributed by atoms with Crippen molar-refractivity contribution in [2.45, 2.75) is 12.3 Å². The summed E-state index contributed by atoms with van der Waals surface area (Å²) in [5.41, 5.74) is 6.48. The van der Waals surface area contributed by atoms with Crippen LogP contribution in [0.15, 0.2) is 47.5 Å². The van der Waals surface area contributed by atoms with E-state index in [1.54, 1.807) is 0 Å². The Kier molecular flexibility index (Phi) is 3.20. The van der Waals surface area contributed by atoms with E-state index in [0.717, 1.165) is 13.1 Å². The predicted molar refractivity (Wildman–Crippen MR) is 88.2 cm³/mol. The number of fused-ring (bicyclic) bond motifs is 1. The highest BCUT2D eigenvalue weighted by molar-refractivity contribution is 5.93. The molecule has 0 saturated carbocycles. The zero-order valence-corrected chi connectivity index (χ0v) is 12.0. The average Bonchev–Trinajstić information content (AvgIpc) is 3.09. The van der Waals surface area contributed by atoms with Crippen molar-refractivity contribution in [2.24, 2.45) is 4.99 Å². The third-order valence-corrected chi connectivity index (χ3v) is 4.38. The van der Waals surface area contributed by atoms with E-state index in [9.17, 15) is 0 Å². The first-order chi connectivity index (χ1) is 10.4. The molecule has 2 heterocycles. The molecule has 3 heteroatoms. The molecule has 3 nitrogen and oxygen atoms in total. The summed E-state index contributed by atoms with van der Waals surface area (Å²) in [4.78, 5) is 4.37. The van der Waals surface area contributed by atoms with Crippen LogP contribution in [0.5, 0.6) is 0 Å². The molecule has 0 aliphatic carbocycles. The molecule has 1 unspecified atom stereocenters. The fourth-order valence-corrected chi connectivity index (χ4v) is 3.30. The lowest BCUT2D eigenvalue weighted by molar-refractivity contribution is 0.763. The third kappa shape index (κ3) is 2.34. The maximum Gasteiger partial charge on any atom is 0.107 e. The summed E-state index contributed by atoms with van der Waals surface area (Å²) in [5.74, 6) is 0.599. The molecular weight excluding hydrogens is 258 g/mol. The van der Waals surface area contributed by atoms with Crippen LogP contribution in [0.4, 0.5) is 5.69 Å². The highest BCUT2D eigenvalue weighted by atomic mass is 15.0. The van der Waals surface area contributed by atoms with Gasteiger partial charge in [-0.1, -0.05) is 30.3 Å². The molecule has 2 aliphatic rings. The Hall–Kier alpha value is -2.13. The highest BCUT2D eigenvalue weighted by Gasteiger charge is 2.23. The van der Waals surface area contributed by atoms with Gasteiger partial charge in [-0.05, 0) is 47.7 Å². The molecule has 2 aliphatic heterocycles. The monoisotopic (exact) mass is 277 g/mol. The van der Waals surface area contributed by atoms with Crippen LogP contribution in [0, 0.1) is 0 Å². The quantitative estimate of drug-likeness (QED) is 0.884. The Bertz CT molecular complexity index is 670. The summed E-state index contributed by atoms with van der Waals surface area (Å²) < 4.78 is 0. The van der Waals surface area contributed by atoms with Gasteiger partial charge in [0.15, 0.2) is 0 Å². The zero-order valence-electron chi connectivity index (χ0n) is 12.0. The van der Waals surface area contributed by atoms with Crippen molar-refractivity contribution in [3.63, 3.8) is 0 Å². The first-order valence-electron chi connectivity index (χ1n) is 7.59. The topological polar surface area (TPSA) is 36.4 Å². The van der Waals surface area contributed by atoms with Crippen molar-refractivity contribution in [2.75, 3.05) is 25.1 Å². The smallest absolute Gasteiger partial charge is 0.107 e. The Morgan fingerprint density at radius 2 is 1.95 bits per heavy atom. The lowest BCUT2D eigenvalue weighted by Gasteiger charge is -2.22. The minimum atomic E-state index is 0.599. The predicted octanol–water partition coefficient (Wildman–Crippen LogP) is 3.23. The van der Waals surface area contributed by atoms with Crippen LogP contribution in [-0.2, 0) is 0 Å². The van der Waals surface area contributed by atoms with Gasteiger partial charge in [-0.15, -0.1) is 0 Å². The van der Waals surface area contributed by atoms with E-state index >= 15 is 0 Å². The van der Waals surface area contributed by atoms with E-state index in [1.165, 1.54) is 34.4 Å². The fourth-order valence-electron chi connectivity index (χ4n) is 3.30. The minimum Gasteiger partial charge on any atom is -0.366 e. The van der Waals surface area contributed by atoms with Gasteiger partial charge < -0.3 is 10.6 Å². The summed E-state index contributed by atoms with van der Waals surface area (Å²) in [5, 5.41) is 6.94. The van der Waals surface area contributed by atoms with Crippen LogP contribution in [0.3, 0.4) is 0 Å². The molecule has 0 amide bonds. The van der Waals surface area contributed by atoms with Crippen molar-refractivity contribution >= 4 is 11.9 Å². The largest absolute Gasteiger partial charge is 0.366 e. The lowest BCUT2D eigenvalue weighted by atomic mass is 9.90. The zero-order chi connectivity index (χ0) is 14.1. The summed E-state index contributed by atoms with van der Waals surface area (Å²) >= 11 is 0. The Labute approximate surface area is 125 Å². The second-order valence-electron chi connectivity index (χ2n) is 5.73. The van der Waals surface area contributed by atoms with Gasteiger partial charge in [-0.3, -0.25) is 4.99 Å². The molecule has 106 valence electrons. The molecule has 2 aromatic carbocycles. The second-order valence-corrected chi connectivity index (χ2v) is 5.73. The van der Waals surface area contributed by atoms with Crippen molar-refractivity contribution in [3.8, 4) is 11.1 Å². The number of anilines is 1. The minimum absolute atomic E-state index is 0.599. The number of hydrogen-bond donors (Lipinski definition) is 2. The molecule has 21 heavy (non-hydrogen) atoms. The highest BCUT2D eigenvalue weighted by Crippen LogP contribution is 2.36. The standard InChI is InChI=1S/C18H19N3/c1-2-4-13(5-3-1)15-8-16-11-20-12-21-18(16)17(9-15)14-6-7-19-10-14/h1-5,8-9,11,14,19,21H,6-7,10,12H2. The van der Waals surface area contributed by atoms with E-state index in [2.05, 4.69) is 58.1 Å². The lowest BCUT2D eigenvalue weighted by Crippen LogP contribution is -2.14. The molecule has 1 saturated heterocycles. The maximum absolute atomic E-state index is 4.37. The molecule has 2 N–H and O–H groups in total. The van der Waals surface area contributed by atoms with Gasteiger partial charge in [-0.25, -0.2) is 0 Å². The van der Waals surface area contributed by atoms with E-state index in [-0.39, 0.29) is 0 Å². The summed E-state index contributed by atoms with van der Waals surface area (Å²) in [7, 11) is 0. The maximum atomic E-state index is 4.37. The molecule has 0 bridgehead atoms. The molecular formula is C18H19N3. The van der Waals surface area contributed by atoms with Crippen molar-refractivity contribution in [1.29, 1.82) is 0 Å². The molecule has 1 atom stereocenters. The van der Waals surface area contributed by atoms with Gasteiger partial charge in [-0.2, -0.15) is 0 Å². The third-order valence-electron chi connectivity index (χ3n) is 4.38. The van der Waals surface area contributed by atoms with Crippen LogP contribution in [0.1, 0.15) is 23.5 Å². The molecule has 1 fully saturated rings. The first kappa shape index (κ1) is 12.6. The van der Waals surface area contributed by atoms with Gasteiger partial charge in [0, 0.05) is 24.0 Å². The van der Waals surface area contributed by atoms with Crippen molar-refractivity contribution in [1.82, 2.24) is 5.32 Å². The van der Waals surface area contributed by atoms with E-state index < -0.39 is 0 Å². The number of rotatable bonds is 2. The number of aliphatic imine (C=N–C) groups is 1. The SMILES string of the molecule is C1=NCNc2c1cc(-c1ccccc1)cc2C1CCNC1. The molecule has 0 aromatic heterocycles. The van der Waals surface area contributed by atoms with Gasteiger partial charge in [0.2, 0.25) is 0 Å².